The van der Waals surface area contributed by atoms with Gasteiger partial charge in [-0.25, -0.2) is 9.78 Å². The van der Waals surface area contributed by atoms with E-state index >= 15 is 0 Å². The summed E-state index contributed by atoms with van der Waals surface area (Å²) in [6.07, 6.45) is 1.93. The van der Waals surface area contributed by atoms with Crippen LogP contribution in [0.1, 0.15) is 30.6 Å². The van der Waals surface area contributed by atoms with Gasteiger partial charge in [0.15, 0.2) is 0 Å². The third kappa shape index (κ3) is 4.53. The molecule has 1 aromatic rings. The Balaban J connectivity index is 2.83. The van der Waals surface area contributed by atoms with Gasteiger partial charge in [0.25, 0.3) is 5.91 Å². The molecule has 20 heavy (non-hydrogen) atoms. The highest BCUT2D eigenvalue weighted by Gasteiger charge is 2.21. The van der Waals surface area contributed by atoms with Crippen molar-refractivity contribution < 1.29 is 14.7 Å². The van der Waals surface area contributed by atoms with E-state index in [1.54, 1.807) is 17.0 Å². The lowest BCUT2D eigenvalue weighted by Crippen LogP contribution is -2.41. The summed E-state index contributed by atoms with van der Waals surface area (Å²) < 4.78 is 0. The highest BCUT2D eigenvalue weighted by Crippen LogP contribution is 2.11. The molecule has 0 aliphatic carbocycles. The number of carboxylic acid groups (broad SMARTS) is 1. The van der Waals surface area contributed by atoms with Crippen LogP contribution in [0.3, 0.4) is 0 Å². The molecular weight excluding hydrogens is 258 g/mol. The number of aliphatic carboxylic acids is 1. The molecule has 0 fully saturated rings. The standard InChI is InChI=1S/C14H21N3O3/c1-9(2)7-11(14(19)20)16-13(18)10-5-6-15-12(8-10)17(3)4/h5-6,8-9,11H,7H2,1-4H3,(H,16,18)(H,19,20)/t11-/m0/s1. The molecule has 2 N–H and O–H groups in total. The zero-order chi connectivity index (χ0) is 15.3. The maximum Gasteiger partial charge on any atom is 0.326 e. The zero-order valence-electron chi connectivity index (χ0n) is 12.3. The number of anilines is 1. The number of carbonyl (C=O) groups excluding carboxylic acids is 1. The molecule has 0 radical (unpaired) electrons. The van der Waals surface area contributed by atoms with Crippen LogP contribution in [-0.2, 0) is 4.79 Å². The van der Waals surface area contributed by atoms with Crippen molar-refractivity contribution in [3.8, 4) is 0 Å². The van der Waals surface area contributed by atoms with Crippen molar-refractivity contribution in [2.75, 3.05) is 19.0 Å². The highest BCUT2D eigenvalue weighted by atomic mass is 16.4. The van der Waals surface area contributed by atoms with Crippen LogP contribution < -0.4 is 10.2 Å². The molecule has 1 aromatic heterocycles. The molecule has 1 heterocycles. The molecule has 110 valence electrons. The van der Waals surface area contributed by atoms with Gasteiger partial charge in [-0.1, -0.05) is 13.8 Å². The van der Waals surface area contributed by atoms with Crippen molar-refractivity contribution in [2.24, 2.45) is 5.92 Å². The van der Waals surface area contributed by atoms with Gasteiger partial charge in [0, 0.05) is 25.9 Å². The van der Waals surface area contributed by atoms with E-state index in [1.807, 2.05) is 27.9 Å². The summed E-state index contributed by atoms with van der Waals surface area (Å²) >= 11 is 0. The summed E-state index contributed by atoms with van der Waals surface area (Å²) in [5, 5.41) is 11.7. The summed E-state index contributed by atoms with van der Waals surface area (Å²) in [6, 6.07) is 2.32. The van der Waals surface area contributed by atoms with Gasteiger partial charge in [-0.3, -0.25) is 4.79 Å². The predicted molar refractivity (Wildman–Crippen MR) is 76.9 cm³/mol. The van der Waals surface area contributed by atoms with Crippen LogP contribution in [-0.4, -0.2) is 42.1 Å². The third-order valence-corrected chi connectivity index (χ3v) is 2.78. The van der Waals surface area contributed by atoms with Crippen LogP contribution in [0.4, 0.5) is 5.82 Å². The fourth-order valence-corrected chi connectivity index (χ4v) is 1.74. The number of aromatic nitrogens is 1. The van der Waals surface area contributed by atoms with E-state index in [0.29, 0.717) is 17.8 Å². The van der Waals surface area contributed by atoms with Crippen LogP contribution in [0.15, 0.2) is 18.3 Å². The third-order valence-electron chi connectivity index (χ3n) is 2.78. The quantitative estimate of drug-likeness (QED) is 0.822. The number of nitrogens with one attached hydrogen (secondary N) is 1. The first-order valence-corrected chi connectivity index (χ1v) is 6.48. The van der Waals surface area contributed by atoms with Crippen LogP contribution in [0.5, 0.6) is 0 Å². The second-order valence-electron chi connectivity index (χ2n) is 5.29. The summed E-state index contributed by atoms with van der Waals surface area (Å²) in [6.45, 7) is 3.83. The van der Waals surface area contributed by atoms with Crippen molar-refractivity contribution in [2.45, 2.75) is 26.3 Å². The number of carbonyl (C=O) groups is 2. The van der Waals surface area contributed by atoms with Gasteiger partial charge < -0.3 is 15.3 Å². The van der Waals surface area contributed by atoms with Crippen LogP contribution >= 0.6 is 0 Å². The first-order valence-electron chi connectivity index (χ1n) is 6.48. The first-order chi connectivity index (χ1) is 9.31. The zero-order valence-corrected chi connectivity index (χ0v) is 12.3. The van der Waals surface area contributed by atoms with Gasteiger partial charge in [-0.2, -0.15) is 0 Å². The molecule has 0 aromatic carbocycles. The fraction of sp³-hybridized carbons (Fsp3) is 0.500. The molecule has 1 rings (SSSR count). The summed E-state index contributed by atoms with van der Waals surface area (Å²) in [7, 11) is 3.64. The van der Waals surface area contributed by atoms with E-state index in [-0.39, 0.29) is 5.92 Å². The van der Waals surface area contributed by atoms with Gasteiger partial charge in [-0.05, 0) is 24.5 Å². The first kappa shape index (κ1) is 15.9. The van der Waals surface area contributed by atoms with E-state index in [4.69, 9.17) is 5.11 Å². The van der Waals surface area contributed by atoms with Gasteiger partial charge >= 0.3 is 5.97 Å². The number of nitrogens with zero attached hydrogens (tertiary/aromatic N) is 2. The Hall–Kier alpha value is -2.11. The maximum atomic E-state index is 12.1. The Kier molecular flexibility index (Phi) is 5.49. The van der Waals surface area contributed by atoms with E-state index in [9.17, 15) is 9.59 Å². The van der Waals surface area contributed by atoms with Gasteiger partial charge in [-0.15, -0.1) is 0 Å². The topological polar surface area (TPSA) is 82.5 Å². The number of amides is 1. The number of hydrogen-bond acceptors (Lipinski definition) is 4. The number of rotatable bonds is 6. The van der Waals surface area contributed by atoms with Crippen LogP contribution in [0, 0.1) is 5.92 Å². The largest absolute Gasteiger partial charge is 0.480 e. The van der Waals surface area contributed by atoms with E-state index in [1.165, 1.54) is 6.20 Å². The van der Waals surface area contributed by atoms with Gasteiger partial charge in [0.05, 0.1) is 0 Å². The molecule has 0 saturated heterocycles. The summed E-state index contributed by atoms with van der Waals surface area (Å²) in [5.41, 5.74) is 0.402. The number of pyridine rings is 1. The Morgan fingerprint density at radius 1 is 1.40 bits per heavy atom. The van der Waals surface area contributed by atoms with Crippen molar-refractivity contribution >= 4 is 17.7 Å². The maximum absolute atomic E-state index is 12.1. The average molecular weight is 279 g/mol. The lowest BCUT2D eigenvalue weighted by atomic mass is 10.0. The fourth-order valence-electron chi connectivity index (χ4n) is 1.74. The minimum Gasteiger partial charge on any atom is -0.480 e. The Labute approximate surface area is 118 Å². The van der Waals surface area contributed by atoms with Crippen molar-refractivity contribution in [1.29, 1.82) is 0 Å². The molecule has 0 aliphatic rings. The molecular formula is C14H21N3O3. The smallest absolute Gasteiger partial charge is 0.326 e. The molecule has 0 bridgehead atoms. The van der Waals surface area contributed by atoms with Crippen molar-refractivity contribution in [3.05, 3.63) is 23.9 Å². The lowest BCUT2D eigenvalue weighted by Gasteiger charge is -2.17. The van der Waals surface area contributed by atoms with Gasteiger partial charge in [0.1, 0.15) is 11.9 Å². The van der Waals surface area contributed by atoms with Crippen LogP contribution in [0.2, 0.25) is 0 Å². The Bertz CT molecular complexity index is 486. The Morgan fingerprint density at radius 2 is 2.05 bits per heavy atom. The van der Waals surface area contributed by atoms with Crippen molar-refractivity contribution in [3.63, 3.8) is 0 Å². The second kappa shape index (κ2) is 6.88. The molecule has 0 unspecified atom stereocenters. The Morgan fingerprint density at radius 3 is 2.55 bits per heavy atom. The molecule has 6 heteroatoms. The molecule has 1 amide bonds. The van der Waals surface area contributed by atoms with Crippen LogP contribution in [0.25, 0.3) is 0 Å². The normalized spacial score (nSPS) is 12.1. The molecule has 0 aliphatic heterocycles. The van der Waals surface area contributed by atoms with E-state index < -0.39 is 17.9 Å². The minimum absolute atomic E-state index is 0.186. The van der Waals surface area contributed by atoms with E-state index in [0.717, 1.165) is 0 Å². The monoisotopic (exact) mass is 279 g/mol. The highest BCUT2D eigenvalue weighted by molar-refractivity contribution is 5.97. The van der Waals surface area contributed by atoms with Gasteiger partial charge in [0.2, 0.25) is 0 Å². The predicted octanol–water partition coefficient (Wildman–Crippen LogP) is 1.38. The summed E-state index contributed by atoms with van der Waals surface area (Å²) in [4.78, 5) is 29.1. The van der Waals surface area contributed by atoms with E-state index in [2.05, 4.69) is 10.3 Å². The molecule has 0 saturated carbocycles. The minimum atomic E-state index is -1.02. The second-order valence-corrected chi connectivity index (χ2v) is 5.29. The lowest BCUT2D eigenvalue weighted by molar-refractivity contribution is -0.139. The molecule has 0 spiro atoms. The van der Waals surface area contributed by atoms with Crippen molar-refractivity contribution in [1.82, 2.24) is 10.3 Å². The number of hydrogen-bond donors (Lipinski definition) is 2. The molecule has 6 nitrogen and oxygen atoms in total. The average Bonchev–Trinajstić information content (AvgIpc) is 2.37. The SMILES string of the molecule is CC(C)C[C@H](NC(=O)c1ccnc(N(C)C)c1)C(=O)O. The molecule has 1 atom stereocenters. The number of carboxylic acids is 1. The summed E-state index contributed by atoms with van der Waals surface area (Å²) in [5.74, 6) is -0.586.